The number of amides is 1. The Balaban J connectivity index is 1.79. The lowest BCUT2D eigenvalue weighted by molar-refractivity contribution is 0.0691. The van der Waals surface area contributed by atoms with Crippen molar-refractivity contribution in [3.63, 3.8) is 0 Å². The number of carboxylic acid groups (broad SMARTS) is 1. The standard InChI is InChI=1S/C21H18N6O3/c1-27(2)20(28)11-3-4-16(24-9-11)15-7-12(10-25-18(15)22)13-5-6-23-19-14(13)8-17(26-19)21(29)30/h3-10H,1-2H3,(H2,22,25)(H,23,26)(H,29,30). The van der Waals surface area contributed by atoms with Gasteiger partial charge in [0.2, 0.25) is 0 Å². The summed E-state index contributed by atoms with van der Waals surface area (Å²) in [6, 6.07) is 8.56. The predicted octanol–water partition coefficient (Wildman–Crippen LogP) is 2.67. The molecule has 1 amide bonds. The van der Waals surface area contributed by atoms with Crippen LogP contribution in [0.25, 0.3) is 33.4 Å². The van der Waals surface area contributed by atoms with E-state index < -0.39 is 5.97 Å². The maximum absolute atomic E-state index is 12.1. The summed E-state index contributed by atoms with van der Waals surface area (Å²) in [5.41, 5.74) is 9.74. The van der Waals surface area contributed by atoms with E-state index in [0.717, 1.165) is 11.1 Å². The highest BCUT2D eigenvalue weighted by Crippen LogP contribution is 2.32. The lowest BCUT2D eigenvalue weighted by Gasteiger charge is -2.11. The molecule has 9 nitrogen and oxygen atoms in total. The number of nitrogens with zero attached hydrogens (tertiary/aromatic N) is 4. The number of carbonyl (C=O) groups excluding carboxylic acids is 1. The van der Waals surface area contributed by atoms with Crippen molar-refractivity contribution in [2.75, 3.05) is 19.8 Å². The molecular formula is C21H18N6O3. The summed E-state index contributed by atoms with van der Waals surface area (Å²) < 4.78 is 0. The van der Waals surface area contributed by atoms with Gasteiger partial charge in [-0.3, -0.25) is 9.78 Å². The highest BCUT2D eigenvalue weighted by molar-refractivity contribution is 5.99. The van der Waals surface area contributed by atoms with Crippen LogP contribution in [0.15, 0.2) is 48.9 Å². The molecule has 0 aliphatic carbocycles. The Morgan fingerprint density at radius 2 is 1.83 bits per heavy atom. The van der Waals surface area contributed by atoms with Crippen molar-refractivity contribution >= 4 is 28.7 Å². The van der Waals surface area contributed by atoms with Crippen LogP contribution in [0.2, 0.25) is 0 Å². The molecule has 0 spiro atoms. The van der Waals surface area contributed by atoms with E-state index in [0.29, 0.717) is 33.7 Å². The fourth-order valence-electron chi connectivity index (χ4n) is 3.16. The van der Waals surface area contributed by atoms with Gasteiger partial charge in [-0.1, -0.05) is 0 Å². The number of nitrogens with two attached hydrogens (primary N) is 1. The van der Waals surface area contributed by atoms with Crippen LogP contribution in [0.5, 0.6) is 0 Å². The molecule has 0 saturated carbocycles. The number of carbonyl (C=O) groups is 2. The molecule has 0 aromatic carbocycles. The Labute approximate surface area is 171 Å². The Morgan fingerprint density at radius 1 is 1.03 bits per heavy atom. The van der Waals surface area contributed by atoms with Gasteiger partial charge in [-0.25, -0.2) is 14.8 Å². The number of aromatic nitrogens is 4. The van der Waals surface area contributed by atoms with E-state index in [1.54, 1.807) is 44.7 Å². The Morgan fingerprint density at radius 3 is 2.50 bits per heavy atom. The van der Waals surface area contributed by atoms with E-state index in [4.69, 9.17) is 5.73 Å². The zero-order valence-electron chi connectivity index (χ0n) is 16.2. The molecule has 4 heterocycles. The van der Waals surface area contributed by atoms with Gasteiger partial charge in [0, 0.05) is 49.2 Å². The monoisotopic (exact) mass is 402 g/mol. The minimum absolute atomic E-state index is 0.0522. The first-order valence-corrected chi connectivity index (χ1v) is 9.00. The Kier molecular flexibility index (Phi) is 4.63. The highest BCUT2D eigenvalue weighted by Gasteiger charge is 2.15. The van der Waals surface area contributed by atoms with Gasteiger partial charge in [-0.15, -0.1) is 0 Å². The van der Waals surface area contributed by atoms with E-state index in [1.807, 2.05) is 6.07 Å². The van der Waals surface area contributed by atoms with E-state index in [2.05, 4.69) is 19.9 Å². The molecule has 0 aliphatic heterocycles. The Hall–Kier alpha value is -4.27. The smallest absolute Gasteiger partial charge is 0.352 e. The molecule has 0 aliphatic rings. The molecule has 0 atom stereocenters. The number of hydrogen-bond acceptors (Lipinski definition) is 6. The summed E-state index contributed by atoms with van der Waals surface area (Å²) in [6.45, 7) is 0. The van der Waals surface area contributed by atoms with Crippen molar-refractivity contribution in [3.05, 3.63) is 60.2 Å². The maximum Gasteiger partial charge on any atom is 0.352 e. The first-order valence-electron chi connectivity index (χ1n) is 9.00. The van der Waals surface area contributed by atoms with Crippen molar-refractivity contribution in [1.82, 2.24) is 24.8 Å². The summed E-state index contributed by atoms with van der Waals surface area (Å²) >= 11 is 0. The summed E-state index contributed by atoms with van der Waals surface area (Å²) in [5.74, 6) is -0.912. The van der Waals surface area contributed by atoms with Crippen molar-refractivity contribution < 1.29 is 14.7 Å². The van der Waals surface area contributed by atoms with Gasteiger partial charge in [-0.05, 0) is 35.9 Å². The number of aromatic amines is 1. The average molecular weight is 402 g/mol. The maximum atomic E-state index is 12.1. The lowest BCUT2D eigenvalue weighted by atomic mass is 10.0. The Bertz CT molecular complexity index is 1280. The predicted molar refractivity (Wildman–Crippen MR) is 112 cm³/mol. The molecule has 4 N–H and O–H groups in total. The van der Waals surface area contributed by atoms with Crippen LogP contribution in [-0.4, -0.2) is 55.9 Å². The topological polar surface area (TPSA) is 138 Å². The minimum atomic E-state index is -1.06. The van der Waals surface area contributed by atoms with Gasteiger partial charge in [0.1, 0.15) is 17.2 Å². The van der Waals surface area contributed by atoms with E-state index in [1.165, 1.54) is 17.2 Å². The van der Waals surface area contributed by atoms with Gasteiger partial charge in [0.05, 0.1) is 11.3 Å². The zero-order valence-corrected chi connectivity index (χ0v) is 16.2. The second-order valence-corrected chi connectivity index (χ2v) is 6.90. The number of hydrogen-bond donors (Lipinski definition) is 3. The van der Waals surface area contributed by atoms with Crippen LogP contribution in [0.3, 0.4) is 0 Å². The second kappa shape index (κ2) is 7.28. The normalized spacial score (nSPS) is 10.9. The lowest BCUT2D eigenvalue weighted by Crippen LogP contribution is -2.21. The van der Waals surface area contributed by atoms with E-state index in [9.17, 15) is 14.7 Å². The molecule has 4 aromatic rings. The molecule has 9 heteroatoms. The SMILES string of the molecule is CN(C)C(=O)c1ccc(-c2cc(-c3ccnc4[nH]c(C(=O)O)cc34)cnc2N)nc1. The van der Waals surface area contributed by atoms with Gasteiger partial charge in [0.15, 0.2) is 0 Å². The average Bonchev–Trinajstić information content (AvgIpc) is 3.19. The molecule has 0 unspecified atom stereocenters. The number of fused-ring (bicyclic) bond motifs is 1. The zero-order chi connectivity index (χ0) is 21.4. The summed E-state index contributed by atoms with van der Waals surface area (Å²) in [7, 11) is 3.35. The summed E-state index contributed by atoms with van der Waals surface area (Å²) in [5, 5.41) is 9.91. The molecular weight excluding hydrogens is 384 g/mol. The number of pyridine rings is 3. The first-order chi connectivity index (χ1) is 14.3. The molecule has 0 radical (unpaired) electrons. The van der Waals surface area contributed by atoms with Gasteiger partial charge in [0.25, 0.3) is 5.91 Å². The third kappa shape index (κ3) is 3.32. The van der Waals surface area contributed by atoms with Crippen LogP contribution in [0.1, 0.15) is 20.8 Å². The molecule has 4 rings (SSSR count). The highest BCUT2D eigenvalue weighted by atomic mass is 16.4. The van der Waals surface area contributed by atoms with E-state index in [-0.39, 0.29) is 11.6 Å². The number of anilines is 1. The third-order valence-electron chi connectivity index (χ3n) is 4.68. The second-order valence-electron chi connectivity index (χ2n) is 6.90. The third-order valence-corrected chi connectivity index (χ3v) is 4.68. The largest absolute Gasteiger partial charge is 0.477 e. The number of H-pyrrole nitrogens is 1. The van der Waals surface area contributed by atoms with Crippen LogP contribution in [-0.2, 0) is 0 Å². The number of aromatic carboxylic acids is 1. The molecule has 0 fully saturated rings. The number of carboxylic acids is 1. The van der Waals surface area contributed by atoms with Crippen molar-refractivity contribution in [1.29, 1.82) is 0 Å². The summed E-state index contributed by atoms with van der Waals surface area (Å²) in [6.07, 6.45) is 4.71. The molecule has 150 valence electrons. The number of nitrogens with one attached hydrogen (secondary N) is 1. The van der Waals surface area contributed by atoms with Crippen LogP contribution >= 0.6 is 0 Å². The number of rotatable bonds is 4. The molecule has 0 bridgehead atoms. The van der Waals surface area contributed by atoms with Crippen LogP contribution < -0.4 is 5.73 Å². The van der Waals surface area contributed by atoms with E-state index >= 15 is 0 Å². The quantitative estimate of drug-likeness (QED) is 0.477. The summed E-state index contributed by atoms with van der Waals surface area (Å²) in [4.78, 5) is 40.5. The fourth-order valence-corrected chi connectivity index (χ4v) is 3.16. The minimum Gasteiger partial charge on any atom is -0.477 e. The number of nitrogen functional groups attached to an aromatic ring is 1. The van der Waals surface area contributed by atoms with Crippen molar-refractivity contribution in [2.45, 2.75) is 0 Å². The molecule has 4 aromatic heterocycles. The fraction of sp³-hybridized carbons (Fsp3) is 0.0952. The van der Waals surface area contributed by atoms with Crippen molar-refractivity contribution in [3.8, 4) is 22.4 Å². The van der Waals surface area contributed by atoms with Gasteiger partial charge < -0.3 is 20.7 Å². The van der Waals surface area contributed by atoms with Crippen LogP contribution in [0, 0.1) is 0 Å². The van der Waals surface area contributed by atoms with Gasteiger partial charge >= 0.3 is 5.97 Å². The van der Waals surface area contributed by atoms with Gasteiger partial charge in [-0.2, -0.15) is 0 Å². The first kappa shape index (κ1) is 19.1. The molecule has 0 saturated heterocycles. The molecule has 30 heavy (non-hydrogen) atoms. The van der Waals surface area contributed by atoms with Crippen molar-refractivity contribution in [2.24, 2.45) is 0 Å². The van der Waals surface area contributed by atoms with Crippen LogP contribution in [0.4, 0.5) is 5.82 Å².